The Balaban J connectivity index is -0.000000180. The maximum atomic E-state index is 9.75. The third-order valence-electron chi connectivity index (χ3n) is 0.866. The molecule has 1 aliphatic rings. The molecule has 0 heterocycles. The second-order valence-electron chi connectivity index (χ2n) is 3.17. The summed E-state index contributed by atoms with van der Waals surface area (Å²) in [6, 6.07) is 0. The summed E-state index contributed by atoms with van der Waals surface area (Å²) in [5.74, 6) is 0. The molecule has 1 fully saturated rings. The van der Waals surface area contributed by atoms with Crippen molar-refractivity contribution in [2.75, 3.05) is 0 Å². The fourth-order valence-corrected chi connectivity index (χ4v) is 0.687. The first-order chi connectivity index (χ1) is 7.89. The Hall–Kier alpha value is 0.991. The standard InChI is InChI=1S/C3H5.3BF4.K/c1-2-3-1;3*2-1(3,4)5;/h1H,2-3H2;;;;/q;3*-1;. The summed E-state index contributed by atoms with van der Waals surface area (Å²) in [6.07, 6.45) is 3.14. The van der Waals surface area contributed by atoms with Crippen LogP contribution in [0.25, 0.3) is 0 Å². The summed E-state index contributed by atoms with van der Waals surface area (Å²) in [6.45, 7) is 0. The van der Waals surface area contributed by atoms with Crippen LogP contribution in [0.5, 0.6) is 0 Å². The Morgan fingerprint density at radius 2 is 0.579 bits per heavy atom. The molecule has 0 aromatic heterocycles. The first-order valence-corrected chi connectivity index (χ1v) is 6.32. The van der Waals surface area contributed by atoms with Crippen molar-refractivity contribution < 1.29 is 51.8 Å². The van der Waals surface area contributed by atoms with Gasteiger partial charge < -0.3 is 51.8 Å². The van der Waals surface area contributed by atoms with Gasteiger partial charge in [0.15, 0.2) is 0 Å². The second kappa shape index (κ2) is 10.7. The molecule has 114 valence electrons. The minimum absolute atomic E-state index is 1.17. The van der Waals surface area contributed by atoms with E-state index >= 15 is 0 Å². The van der Waals surface area contributed by atoms with Crippen LogP contribution in [0.1, 0.15) is 12.8 Å². The Bertz CT molecular complexity index is 157. The van der Waals surface area contributed by atoms with Gasteiger partial charge in [0.2, 0.25) is 0 Å². The third-order valence-corrected chi connectivity index (χ3v) is 2.67. The number of rotatable bonds is 0. The summed E-state index contributed by atoms with van der Waals surface area (Å²) in [7, 11) is -18.0. The van der Waals surface area contributed by atoms with Gasteiger partial charge in [-0.2, -0.15) is 0 Å². The number of hydrogen-bond donors (Lipinski definition) is 0. The average Bonchev–Trinajstić information content (AvgIpc) is 2.57. The molecule has 0 aromatic rings. The zero-order valence-corrected chi connectivity index (χ0v) is 12.4. The van der Waals surface area contributed by atoms with E-state index < -0.39 is 21.8 Å². The van der Waals surface area contributed by atoms with Crippen LogP contribution in [-0.2, 0) is 0 Å². The fourth-order valence-electron chi connectivity index (χ4n) is 0.167. The van der Waals surface area contributed by atoms with Gasteiger partial charge in [0.1, 0.15) is 0 Å². The zero-order valence-electron chi connectivity index (χ0n) is 9.26. The van der Waals surface area contributed by atoms with Crippen molar-refractivity contribution in [3.63, 3.8) is 0 Å². The van der Waals surface area contributed by atoms with Gasteiger partial charge in [-0.25, -0.2) is 0 Å². The van der Waals surface area contributed by atoms with Crippen molar-refractivity contribution in [3.05, 3.63) is 0 Å². The van der Waals surface area contributed by atoms with Crippen molar-refractivity contribution in [2.45, 2.75) is 12.9 Å². The summed E-state index contributed by atoms with van der Waals surface area (Å²) in [5, 5.41) is 0. The van der Waals surface area contributed by atoms with Crippen molar-refractivity contribution >= 4 is 70.7 Å². The van der Waals surface area contributed by atoms with E-state index in [-0.39, 0.29) is 0 Å². The molecule has 0 aliphatic heterocycles. The van der Waals surface area contributed by atoms with Gasteiger partial charge in [-0.3, -0.25) is 0 Å². The van der Waals surface area contributed by atoms with Crippen LogP contribution in [0.4, 0.5) is 51.8 Å². The quantitative estimate of drug-likeness (QED) is 0.445. The summed E-state index contributed by atoms with van der Waals surface area (Å²) < 4.78 is 118. The molecule has 0 radical (unpaired) electrons. The zero-order chi connectivity index (χ0) is 16.5. The number of hydrogen-bond acceptors (Lipinski definition) is 0. The van der Waals surface area contributed by atoms with Crippen LogP contribution in [0.15, 0.2) is 0 Å². The molecule has 0 atom stereocenters. The minimum atomic E-state index is -6.00. The molecular formula is C3H5B3F12K-3. The average molecular weight is 341 g/mol. The molecule has 0 aromatic carbocycles. The van der Waals surface area contributed by atoms with Gasteiger partial charge in [0, 0.05) is 0 Å². The van der Waals surface area contributed by atoms with Crippen molar-refractivity contribution in [1.82, 2.24) is 0 Å². The van der Waals surface area contributed by atoms with E-state index in [0.29, 0.717) is 0 Å². The summed E-state index contributed by atoms with van der Waals surface area (Å²) in [4.78, 5) is 0. The summed E-state index contributed by atoms with van der Waals surface area (Å²) in [5.41, 5.74) is 0. The van der Waals surface area contributed by atoms with E-state index in [9.17, 15) is 51.8 Å². The Kier molecular flexibility index (Phi) is 14.0. The molecule has 1 saturated carbocycles. The second-order valence-corrected chi connectivity index (χ2v) is 5.72. The van der Waals surface area contributed by atoms with Crippen molar-refractivity contribution in [1.29, 1.82) is 0 Å². The Labute approximate surface area is 134 Å². The van der Waals surface area contributed by atoms with Gasteiger partial charge in [-0.15, -0.1) is 0 Å². The van der Waals surface area contributed by atoms with Crippen molar-refractivity contribution in [3.8, 4) is 0 Å². The van der Waals surface area contributed by atoms with Gasteiger partial charge in [0.05, 0.1) is 0 Å². The first kappa shape index (κ1) is 25.0. The SMILES string of the molecule is F[B-](F)(F)F.F[B-](F)(F)F.F[B-](F)(F)F.[K][CH]1CC1. The third kappa shape index (κ3) is 344. The van der Waals surface area contributed by atoms with Crippen LogP contribution >= 0.6 is 0 Å². The van der Waals surface area contributed by atoms with Crippen LogP contribution in [0.2, 0.25) is 0.0125 Å². The Morgan fingerprint density at radius 1 is 0.526 bits per heavy atom. The van der Waals surface area contributed by atoms with Crippen LogP contribution in [0.3, 0.4) is 0 Å². The predicted octanol–water partition coefficient (Wildman–Crippen LogP) is 4.64. The van der Waals surface area contributed by atoms with Gasteiger partial charge in [0.25, 0.3) is 0 Å². The molecule has 1 rings (SSSR count). The van der Waals surface area contributed by atoms with E-state index in [1.165, 1.54) is 49.0 Å². The van der Waals surface area contributed by atoms with Gasteiger partial charge in [-0.1, -0.05) is 0 Å². The predicted molar refractivity (Wildman–Crippen MR) is 49.3 cm³/mol. The molecule has 1 aliphatic carbocycles. The molecule has 16 heteroatoms. The molecule has 0 bridgehead atoms. The normalized spacial score (nSPS) is 15.1. The van der Waals surface area contributed by atoms with Crippen LogP contribution in [0, 0.1) is 0 Å². The Morgan fingerprint density at radius 3 is 0.579 bits per heavy atom. The van der Waals surface area contributed by atoms with E-state index in [4.69, 9.17) is 0 Å². The van der Waals surface area contributed by atoms with E-state index in [0.717, 1.165) is 0 Å². The van der Waals surface area contributed by atoms with Crippen molar-refractivity contribution in [2.24, 2.45) is 0 Å². The van der Waals surface area contributed by atoms with Crippen LogP contribution < -0.4 is 0 Å². The van der Waals surface area contributed by atoms with Gasteiger partial charge >= 0.3 is 83.6 Å². The topological polar surface area (TPSA) is 0 Å². The monoisotopic (exact) mass is 341 g/mol. The fraction of sp³-hybridized carbons (Fsp3) is 1.00. The van der Waals surface area contributed by atoms with E-state index in [1.807, 2.05) is 0 Å². The molecule has 0 saturated heterocycles. The first-order valence-electron chi connectivity index (χ1n) is 4.51. The number of halogens is 12. The van der Waals surface area contributed by atoms with Gasteiger partial charge in [-0.05, 0) is 0 Å². The molecular weight excluding hydrogens is 336 g/mol. The van der Waals surface area contributed by atoms with E-state index in [1.54, 1.807) is 12.8 Å². The molecule has 0 amide bonds. The molecule has 0 spiro atoms. The van der Waals surface area contributed by atoms with E-state index in [2.05, 4.69) is 0 Å². The molecule has 0 N–H and O–H groups in total. The maximum absolute atomic E-state index is 9.75. The molecule has 0 unspecified atom stereocenters. The van der Waals surface area contributed by atoms with Crippen LogP contribution in [-0.4, -0.2) is 70.7 Å². The molecule has 19 heavy (non-hydrogen) atoms. The molecule has 0 nitrogen and oxygen atoms in total. The summed E-state index contributed by atoms with van der Waals surface area (Å²) >= 11 is 1.17.